The topological polar surface area (TPSA) is 27.1 Å². The van der Waals surface area contributed by atoms with Crippen molar-refractivity contribution >= 4 is 10.9 Å². The van der Waals surface area contributed by atoms with Gasteiger partial charge in [0.2, 0.25) is 0 Å². The highest BCUT2D eigenvalue weighted by atomic mass is 16.5. The predicted octanol–water partition coefficient (Wildman–Crippen LogP) is 5.11. The lowest BCUT2D eigenvalue weighted by Gasteiger charge is -2.22. The Morgan fingerprint density at radius 2 is 1.74 bits per heavy atom. The second-order valence-electron chi connectivity index (χ2n) is 5.84. The zero-order valence-corrected chi connectivity index (χ0v) is 12.7. The van der Waals surface area contributed by atoms with Gasteiger partial charge >= 0.3 is 0 Å². The molecule has 0 spiro atoms. The molecule has 0 bridgehead atoms. The van der Waals surface area contributed by atoms with E-state index >= 15 is 0 Å². The molecule has 0 aliphatic carbocycles. The molecule has 2 aromatic carbocycles. The molecule has 5 rings (SSSR count). The Kier molecular flexibility index (Phi) is 2.42. The van der Waals surface area contributed by atoms with Crippen molar-refractivity contribution in [2.45, 2.75) is 6.92 Å². The van der Waals surface area contributed by atoms with Gasteiger partial charge < -0.3 is 9.30 Å². The maximum Gasteiger partial charge on any atom is 0.152 e. The smallest absolute Gasteiger partial charge is 0.152 e. The number of para-hydroxylation sites is 1. The fourth-order valence-corrected chi connectivity index (χ4v) is 3.38. The van der Waals surface area contributed by atoms with E-state index in [2.05, 4.69) is 46.8 Å². The normalized spacial score (nSPS) is 12.0. The minimum absolute atomic E-state index is 0.888. The largest absolute Gasteiger partial charge is 0.453 e. The number of hydrogen-bond donors (Lipinski definition) is 0. The molecular weight excluding hydrogens is 284 g/mol. The zero-order valence-electron chi connectivity index (χ0n) is 12.7. The van der Waals surface area contributed by atoms with Gasteiger partial charge in [-0.2, -0.15) is 0 Å². The number of aromatic nitrogens is 2. The molecule has 0 N–H and O–H groups in total. The lowest BCUT2D eigenvalue weighted by atomic mass is 10.1. The molecule has 23 heavy (non-hydrogen) atoms. The monoisotopic (exact) mass is 298 g/mol. The summed E-state index contributed by atoms with van der Waals surface area (Å²) in [5.41, 5.74) is 5.73. The van der Waals surface area contributed by atoms with Gasteiger partial charge in [0.1, 0.15) is 0 Å². The minimum atomic E-state index is 0.888. The SMILES string of the molecule is Cc1cc2cccc3c2n1-c1ccc(-c2ccncc2)cc1O3. The third-order valence-electron chi connectivity index (χ3n) is 4.41. The molecule has 3 heteroatoms. The van der Waals surface area contributed by atoms with E-state index < -0.39 is 0 Å². The third-order valence-corrected chi connectivity index (χ3v) is 4.41. The molecule has 0 unspecified atom stereocenters. The Hall–Kier alpha value is -3.07. The summed E-state index contributed by atoms with van der Waals surface area (Å²) in [5.74, 6) is 1.80. The summed E-state index contributed by atoms with van der Waals surface area (Å²) in [6.45, 7) is 2.13. The van der Waals surface area contributed by atoms with Crippen LogP contribution in [0.1, 0.15) is 5.69 Å². The van der Waals surface area contributed by atoms with Crippen molar-refractivity contribution in [1.29, 1.82) is 0 Å². The molecule has 0 atom stereocenters. The average Bonchev–Trinajstić information content (AvgIpc) is 2.93. The first-order chi connectivity index (χ1) is 11.3. The molecule has 4 aromatic rings. The standard InChI is InChI=1S/C20H14N2O/c1-13-11-16-3-2-4-18-20(16)22(13)17-6-5-15(12-19(17)23-18)14-7-9-21-10-8-14/h2-12H,1H3. The molecule has 1 aliphatic heterocycles. The van der Waals surface area contributed by atoms with Crippen LogP contribution in [0.25, 0.3) is 27.7 Å². The Balaban J connectivity index is 1.77. The van der Waals surface area contributed by atoms with E-state index in [9.17, 15) is 0 Å². The van der Waals surface area contributed by atoms with Gasteiger partial charge in [-0.1, -0.05) is 18.2 Å². The van der Waals surface area contributed by atoms with Crippen molar-refractivity contribution in [2.24, 2.45) is 0 Å². The summed E-state index contributed by atoms with van der Waals surface area (Å²) in [4.78, 5) is 4.08. The Labute approximate surface area is 133 Å². The van der Waals surface area contributed by atoms with Crippen molar-refractivity contribution in [3.8, 4) is 28.3 Å². The highest BCUT2D eigenvalue weighted by Crippen LogP contribution is 2.43. The third kappa shape index (κ3) is 1.73. The van der Waals surface area contributed by atoms with Crippen LogP contribution < -0.4 is 4.74 Å². The minimum Gasteiger partial charge on any atom is -0.453 e. The van der Waals surface area contributed by atoms with E-state index in [-0.39, 0.29) is 0 Å². The molecule has 3 heterocycles. The molecule has 0 radical (unpaired) electrons. The van der Waals surface area contributed by atoms with Crippen LogP contribution >= 0.6 is 0 Å². The molecular formula is C20H14N2O. The lowest BCUT2D eigenvalue weighted by molar-refractivity contribution is 0.475. The summed E-state index contributed by atoms with van der Waals surface area (Å²) in [6, 6.07) is 18.8. The number of aryl methyl sites for hydroxylation is 1. The van der Waals surface area contributed by atoms with Crippen molar-refractivity contribution in [3.05, 3.63) is 72.7 Å². The van der Waals surface area contributed by atoms with Crippen LogP contribution in [0, 0.1) is 6.92 Å². The predicted molar refractivity (Wildman–Crippen MR) is 91.3 cm³/mol. The van der Waals surface area contributed by atoms with Crippen LogP contribution in [0.5, 0.6) is 11.5 Å². The summed E-state index contributed by atoms with van der Waals surface area (Å²) < 4.78 is 8.47. The molecule has 110 valence electrons. The molecule has 3 nitrogen and oxygen atoms in total. The number of ether oxygens (including phenoxy) is 1. The maximum atomic E-state index is 6.19. The van der Waals surface area contributed by atoms with Crippen molar-refractivity contribution in [2.75, 3.05) is 0 Å². The van der Waals surface area contributed by atoms with Crippen molar-refractivity contribution in [3.63, 3.8) is 0 Å². The van der Waals surface area contributed by atoms with Gasteiger partial charge in [0, 0.05) is 23.5 Å². The molecule has 0 amide bonds. The number of benzene rings is 2. The average molecular weight is 298 g/mol. The van der Waals surface area contributed by atoms with E-state index in [0.717, 1.165) is 33.8 Å². The zero-order chi connectivity index (χ0) is 15.4. The van der Waals surface area contributed by atoms with Gasteiger partial charge in [0.15, 0.2) is 11.5 Å². The molecule has 1 aliphatic rings. The van der Waals surface area contributed by atoms with Crippen LogP contribution in [-0.4, -0.2) is 9.55 Å². The van der Waals surface area contributed by atoms with Crippen molar-refractivity contribution in [1.82, 2.24) is 9.55 Å². The first kappa shape index (κ1) is 12.5. The number of rotatable bonds is 1. The van der Waals surface area contributed by atoms with Gasteiger partial charge in [-0.15, -0.1) is 0 Å². The Morgan fingerprint density at radius 1 is 0.870 bits per heavy atom. The van der Waals surface area contributed by atoms with E-state index in [1.54, 1.807) is 0 Å². The Morgan fingerprint density at radius 3 is 2.61 bits per heavy atom. The van der Waals surface area contributed by atoms with Gasteiger partial charge in [-0.25, -0.2) is 0 Å². The molecule has 0 saturated heterocycles. The van der Waals surface area contributed by atoms with Crippen molar-refractivity contribution < 1.29 is 4.74 Å². The first-order valence-corrected chi connectivity index (χ1v) is 7.65. The van der Waals surface area contributed by atoms with Gasteiger partial charge in [0.05, 0.1) is 11.2 Å². The fourth-order valence-electron chi connectivity index (χ4n) is 3.38. The summed E-state index contributed by atoms with van der Waals surface area (Å²) in [7, 11) is 0. The van der Waals surface area contributed by atoms with E-state index in [0.29, 0.717) is 0 Å². The summed E-state index contributed by atoms with van der Waals surface area (Å²) in [6.07, 6.45) is 3.62. The maximum absolute atomic E-state index is 6.19. The fraction of sp³-hybridized carbons (Fsp3) is 0.0500. The van der Waals surface area contributed by atoms with E-state index in [1.807, 2.05) is 36.7 Å². The number of pyridine rings is 1. The van der Waals surface area contributed by atoms with Gasteiger partial charge in [-0.3, -0.25) is 4.98 Å². The van der Waals surface area contributed by atoms with E-state index in [4.69, 9.17) is 4.74 Å². The summed E-state index contributed by atoms with van der Waals surface area (Å²) in [5, 5.41) is 1.21. The van der Waals surface area contributed by atoms with Crippen LogP contribution in [-0.2, 0) is 0 Å². The first-order valence-electron chi connectivity index (χ1n) is 7.65. The summed E-state index contributed by atoms with van der Waals surface area (Å²) >= 11 is 0. The van der Waals surface area contributed by atoms with Crippen LogP contribution in [0.2, 0.25) is 0 Å². The number of fused-ring (bicyclic) bond motifs is 2. The Bertz CT molecular complexity index is 1050. The van der Waals surface area contributed by atoms with Crippen LogP contribution in [0.3, 0.4) is 0 Å². The van der Waals surface area contributed by atoms with E-state index in [1.165, 1.54) is 11.1 Å². The second kappa shape index (κ2) is 4.46. The van der Waals surface area contributed by atoms with Gasteiger partial charge in [0.25, 0.3) is 0 Å². The molecule has 2 aromatic heterocycles. The van der Waals surface area contributed by atoms with Gasteiger partial charge in [-0.05, 0) is 54.4 Å². The highest BCUT2D eigenvalue weighted by Gasteiger charge is 2.21. The second-order valence-corrected chi connectivity index (χ2v) is 5.84. The van der Waals surface area contributed by atoms with Crippen LogP contribution in [0.4, 0.5) is 0 Å². The highest BCUT2D eigenvalue weighted by molar-refractivity contribution is 5.91. The number of nitrogens with zero attached hydrogens (tertiary/aromatic N) is 2. The quantitative estimate of drug-likeness (QED) is 0.430. The lowest BCUT2D eigenvalue weighted by Crippen LogP contribution is -2.05. The van der Waals surface area contributed by atoms with Crippen LogP contribution in [0.15, 0.2) is 67.0 Å². The molecule has 0 saturated carbocycles. The molecule has 0 fully saturated rings. The number of hydrogen-bond acceptors (Lipinski definition) is 2.